The molecule has 2 rings (SSSR count). The van der Waals surface area contributed by atoms with Gasteiger partial charge in [-0.15, -0.1) is 0 Å². The quantitative estimate of drug-likeness (QED) is 0.910. The van der Waals surface area contributed by atoms with Crippen molar-refractivity contribution >= 4 is 11.6 Å². The van der Waals surface area contributed by atoms with E-state index in [0.29, 0.717) is 16.5 Å². The Morgan fingerprint density at radius 3 is 2.61 bits per heavy atom. The molecule has 1 heterocycles. The van der Waals surface area contributed by atoms with E-state index in [2.05, 4.69) is 17.2 Å². The summed E-state index contributed by atoms with van der Waals surface area (Å²) in [5.74, 6) is 1.31. The van der Waals surface area contributed by atoms with E-state index in [4.69, 9.17) is 16.3 Å². The fourth-order valence-corrected chi connectivity index (χ4v) is 1.68. The van der Waals surface area contributed by atoms with Crippen LogP contribution in [0.15, 0.2) is 42.6 Å². The number of nitrogens with zero attached hydrogens (tertiary/aromatic N) is 1. The van der Waals surface area contributed by atoms with Crippen molar-refractivity contribution < 1.29 is 4.74 Å². The number of pyridine rings is 1. The van der Waals surface area contributed by atoms with E-state index >= 15 is 0 Å². The molecule has 0 fully saturated rings. The first-order valence-electron chi connectivity index (χ1n) is 5.76. The lowest BCUT2D eigenvalue weighted by atomic mass is 10.2. The van der Waals surface area contributed by atoms with Crippen LogP contribution in [-0.2, 0) is 0 Å². The molecule has 0 aliphatic heterocycles. The van der Waals surface area contributed by atoms with Crippen LogP contribution in [0.4, 0.5) is 0 Å². The zero-order valence-electron chi connectivity index (χ0n) is 10.4. The predicted molar refractivity (Wildman–Crippen MR) is 73.2 cm³/mol. The zero-order valence-corrected chi connectivity index (χ0v) is 11.1. The second-order valence-corrected chi connectivity index (χ2v) is 4.37. The predicted octanol–water partition coefficient (Wildman–Crippen LogP) is 3.81. The Morgan fingerprint density at radius 2 is 2.00 bits per heavy atom. The summed E-state index contributed by atoms with van der Waals surface area (Å²) in [7, 11) is 1.90. The Bertz CT molecular complexity index is 513. The van der Waals surface area contributed by atoms with Crippen molar-refractivity contribution in [2.24, 2.45) is 0 Å². The highest BCUT2D eigenvalue weighted by Crippen LogP contribution is 2.28. The van der Waals surface area contributed by atoms with E-state index in [1.165, 1.54) is 0 Å². The van der Waals surface area contributed by atoms with Gasteiger partial charge in [0.05, 0.1) is 16.9 Å². The monoisotopic (exact) mass is 262 g/mol. The van der Waals surface area contributed by atoms with Crippen LogP contribution in [0.25, 0.3) is 0 Å². The lowest BCUT2D eigenvalue weighted by molar-refractivity contribution is 0.479. The van der Waals surface area contributed by atoms with Gasteiger partial charge in [-0.25, -0.2) is 0 Å². The Morgan fingerprint density at radius 1 is 1.22 bits per heavy atom. The van der Waals surface area contributed by atoms with Gasteiger partial charge in [0, 0.05) is 6.04 Å². The Balaban J connectivity index is 2.14. The van der Waals surface area contributed by atoms with Gasteiger partial charge in [0.1, 0.15) is 11.5 Å². The molecule has 0 bridgehead atoms. The maximum atomic E-state index is 6.02. The van der Waals surface area contributed by atoms with Gasteiger partial charge < -0.3 is 10.1 Å². The number of hydrogen-bond donors (Lipinski definition) is 1. The number of rotatable bonds is 4. The second kappa shape index (κ2) is 5.85. The van der Waals surface area contributed by atoms with Gasteiger partial charge in [0.25, 0.3) is 0 Å². The summed E-state index contributed by atoms with van der Waals surface area (Å²) in [5.41, 5.74) is 0.976. The standard InChI is InChI=1S/C14H15ClN2O/c1-10(16-2)13-8-7-11(9-17-13)18-14-6-4-3-5-12(14)15/h3-10,16H,1-2H3. The first-order chi connectivity index (χ1) is 8.70. The van der Waals surface area contributed by atoms with Crippen molar-refractivity contribution in [2.45, 2.75) is 13.0 Å². The summed E-state index contributed by atoms with van der Waals surface area (Å²) in [4.78, 5) is 4.34. The van der Waals surface area contributed by atoms with Crippen molar-refractivity contribution in [3.8, 4) is 11.5 Å². The summed E-state index contributed by atoms with van der Waals surface area (Å²) in [6.07, 6.45) is 1.70. The summed E-state index contributed by atoms with van der Waals surface area (Å²) < 4.78 is 5.66. The van der Waals surface area contributed by atoms with Crippen molar-refractivity contribution in [1.82, 2.24) is 10.3 Å². The molecule has 1 aromatic carbocycles. The van der Waals surface area contributed by atoms with Gasteiger partial charge in [0.15, 0.2) is 0 Å². The minimum Gasteiger partial charge on any atom is -0.454 e. The van der Waals surface area contributed by atoms with Gasteiger partial charge in [-0.3, -0.25) is 4.98 Å². The number of benzene rings is 1. The van der Waals surface area contributed by atoms with Gasteiger partial charge in [0.2, 0.25) is 0 Å². The Hall–Kier alpha value is -1.58. The van der Waals surface area contributed by atoms with Crippen molar-refractivity contribution in [1.29, 1.82) is 0 Å². The molecule has 18 heavy (non-hydrogen) atoms. The molecule has 0 spiro atoms. The highest BCUT2D eigenvalue weighted by molar-refractivity contribution is 6.32. The van der Waals surface area contributed by atoms with Crippen LogP contribution >= 0.6 is 11.6 Å². The number of hydrogen-bond acceptors (Lipinski definition) is 3. The summed E-state index contributed by atoms with van der Waals surface area (Å²) >= 11 is 6.02. The van der Waals surface area contributed by atoms with E-state index < -0.39 is 0 Å². The highest BCUT2D eigenvalue weighted by atomic mass is 35.5. The van der Waals surface area contributed by atoms with Crippen LogP contribution in [0.1, 0.15) is 18.7 Å². The molecule has 1 atom stereocenters. The van der Waals surface area contributed by atoms with Gasteiger partial charge in [-0.1, -0.05) is 23.7 Å². The average molecular weight is 263 g/mol. The van der Waals surface area contributed by atoms with E-state index in [0.717, 1.165) is 5.69 Å². The molecule has 0 amide bonds. The van der Waals surface area contributed by atoms with Crippen molar-refractivity contribution in [2.75, 3.05) is 7.05 Å². The van der Waals surface area contributed by atoms with Gasteiger partial charge in [-0.05, 0) is 38.2 Å². The van der Waals surface area contributed by atoms with Crippen LogP contribution in [-0.4, -0.2) is 12.0 Å². The number of ether oxygens (including phenoxy) is 1. The maximum absolute atomic E-state index is 6.02. The molecule has 1 N–H and O–H groups in total. The number of aromatic nitrogens is 1. The Kier molecular flexibility index (Phi) is 4.18. The molecule has 1 aromatic heterocycles. The fraction of sp³-hybridized carbons (Fsp3) is 0.214. The molecule has 2 aromatic rings. The number of para-hydroxylation sites is 1. The molecule has 0 aliphatic carbocycles. The highest BCUT2D eigenvalue weighted by Gasteiger charge is 2.05. The zero-order chi connectivity index (χ0) is 13.0. The third kappa shape index (κ3) is 3.00. The van der Waals surface area contributed by atoms with E-state index in [9.17, 15) is 0 Å². The molecule has 3 nitrogen and oxygen atoms in total. The molecule has 94 valence electrons. The third-order valence-electron chi connectivity index (χ3n) is 2.70. The van der Waals surface area contributed by atoms with Gasteiger partial charge >= 0.3 is 0 Å². The molecule has 0 saturated carbocycles. The van der Waals surface area contributed by atoms with Gasteiger partial charge in [-0.2, -0.15) is 0 Å². The first kappa shape index (κ1) is 12.9. The van der Waals surface area contributed by atoms with Crippen LogP contribution in [0.3, 0.4) is 0 Å². The minimum absolute atomic E-state index is 0.222. The summed E-state index contributed by atoms with van der Waals surface area (Å²) in [6.45, 7) is 2.05. The fourth-order valence-electron chi connectivity index (χ4n) is 1.51. The van der Waals surface area contributed by atoms with Crippen LogP contribution < -0.4 is 10.1 Å². The molecule has 0 radical (unpaired) electrons. The smallest absolute Gasteiger partial charge is 0.146 e. The third-order valence-corrected chi connectivity index (χ3v) is 3.01. The largest absolute Gasteiger partial charge is 0.454 e. The minimum atomic E-state index is 0.222. The molecule has 0 aliphatic rings. The number of nitrogens with one attached hydrogen (secondary N) is 1. The molecule has 0 saturated heterocycles. The lowest BCUT2D eigenvalue weighted by Crippen LogP contribution is -2.13. The average Bonchev–Trinajstić information content (AvgIpc) is 2.41. The van der Waals surface area contributed by atoms with E-state index in [1.54, 1.807) is 12.3 Å². The van der Waals surface area contributed by atoms with Crippen molar-refractivity contribution in [3.63, 3.8) is 0 Å². The summed E-state index contributed by atoms with van der Waals surface area (Å²) in [6, 6.07) is 11.4. The van der Waals surface area contributed by atoms with E-state index in [-0.39, 0.29) is 6.04 Å². The number of halogens is 1. The molecular weight excluding hydrogens is 248 g/mol. The van der Waals surface area contributed by atoms with Crippen LogP contribution in [0.5, 0.6) is 11.5 Å². The maximum Gasteiger partial charge on any atom is 0.146 e. The topological polar surface area (TPSA) is 34.1 Å². The van der Waals surface area contributed by atoms with E-state index in [1.807, 2.05) is 37.4 Å². The molecule has 1 unspecified atom stereocenters. The summed E-state index contributed by atoms with van der Waals surface area (Å²) in [5, 5.41) is 3.72. The van der Waals surface area contributed by atoms with Crippen molar-refractivity contribution in [3.05, 3.63) is 53.3 Å². The normalized spacial score (nSPS) is 12.2. The molecule has 4 heteroatoms. The Labute approximate surface area is 112 Å². The SMILES string of the molecule is CNC(C)c1ccc(Oc2ccccc2Cl)cn1. The second-order valence-electron chi connectivity index (χ2n) is 3.96. The van der Waals surface area contributed by atoms with Crippen LogP contribution in [0.2, 0.25) is 5.02 Å². The molecular formula is C14H15ClN2O. The van der Waals surface area contributed by atoms with Crippen LogP contribution in [0, 0.1) is 0 Å². The lowest BCUT2D eigenvalue weighted by Gasteiger charge is -2.11. The first-order valence-corrected chi connectivity index (χ1v) is 6.14.